The summed E-state index contributed by atoms with van der Waals surface area (Å²) < 4.78 is 16.7. The number of aromatic carboxylic acids is 1. The molecule has 0 aliphatic carbocycles. The van der Waals surface area contributed by atoms with Crippen molar-refractivity contribution in [2.45, 2.75) is 13.3 Å². The molecule has 0 aromatic heterocycles. The van der Waals surface area contributed by atoms with Crippen molar-refractivity contribution in [1.29, 1.82) is 0 Å². The Kier molecular flexibility index (Phi) is 6.29. The lowest BCUT2D eigenvalue weighted by Gasteiger charge is -2.12. The first kappa shape index (κ1) is 16.7. The van der Waals surface area contributed by atoms with Crippen LogP contribution in [0.25, 0.3) is 0 Å². The molecule has 5 nitrogen and oxygen atoms in total. The number of hydrogen-bond donors (Lipinski definition) is 1. The van der Waals surface area contributed by atoms with Crippen LogP contribution >= 0.6 is 0 Å². The van der Waals surface area contributed by atoms with Gasteiger partial charge in [0, 0.05) is 6.42 Å². The molecule has 0 saturated heterocycles. The Balaban J connectivity index is 1.80. The molecule has 23 heavy (non-hydrogen) atoms. The van der Waals surface area contributed by atoms with E-state index < -0.39 is 5.97 Å². The number of hydrogen-bond acceptors (Lipinski definition) is 4. The molecule has 0 aliphatic rings. The van der Waals surface area contributed by atoms with Gasteiger partial charge in [-0.3, -0.25) is 0 Å². The predicted octanol–water partition coefficient (Wildman–Crippen LogP) is 3.63. The van der Waals surface area contributed by atoms with Gasteiger partial charge in [0.05, 0.1) is 19.8 Å². The Morgan fingerprint density at radius 1 is 0.870 bits per heavy atom. The molecule has 2 aromatic rings. The lowest BCUT2D eigenvalue weighted by molar-refractivity contribution is 0.0692. The van der Waals surface area contributed by atoms with Crippen molar-refractivity contribution >= 4 is 5.97 Å². The molecule has 0 heterocycles. The molecule has 122 valence electrons. The van der Waals surface area contributed by atoms with Crippen LogP contribution in [-0.4, -0.2) is 30.9 Å². The smallest absolute Gasteiger partial charge is 0.339 e. The molecule has 0 aliphatic heterocycles. The van der Waals surface area contributed by atoms with E-state index in [1.165, 1.54) is 6.07 Å². The maximum Gasteiger partial charge on any atom is 0.339 e. The van der Waals surface area contributed by atoms with Gasteiger partial charge in [0.2, 0.25) is 0 Å². The van der Waals surface area contributed by atoms with Gasteiger partial charge in [-0.15, -0.1) is 0 Å². The third kappa shape index (κ3) is 4.92. The zero-order chi connectivity index (χ0) is 16.5. The second-order valence-electron chi connectivity index (χ2n) is 4.73. The van der Waals surface area contributed by atoms with Crippen molar-refractivity contribution in [3.63, 3.8) is 0 Å². The van der Waals surface area contributed by atoms with Crippen LogP contribution in [0.2, 0.25) is 0 Å². The fourth-order valence-electron chi connectivity index (χ4n) is 2.04. The molecule has 0 fully saturated rings. The number of ether oxygens (including phenoxy) is 3. The molecule has 2 aromatic carbocycles. The first-order valence-corrected chi connectivity index (χ1v) is 7.52. The van der Waals surface area contributed by atoms with Crippen molar-refractivity contribution in [2.75, 3.05) is 19.8 Å². The summed E-state index contributed by atoms with van der Waals surface area (Å²) in [6, 6.07) is 14.1. The number of carboxylic acid groups (broad SMARTS) is 1. The van der Waals surface area contributed by atoms with E-state index in [0.717, 1.165) is 0 Å². The van der Waals surface area contributed by atoms with Gasteiger partial charge in [-0.2, -0.15) is 0 Å². The summed E-state index contributed by atoms with van der Waals surface area (Å²) >= 11 is 0. The van der Waals surface area contributed by atoms with E-state index in [9.17, 15) is 4.79 Å². The van der Waals surface area contributed by atoms with Gasteiger partial charge in [-0.05, 0) is 31.2 Å². The van der Waals surface area contributed by atoms with Crippen molar-refractivity contribution in [1.82, 2.24) is 0 Å². The first-order chi connectivity index (χ1) is 11.2. The van der Waals surface area contributed by atoms with Crippen LogP contribution in [0.5, 0.6) is 17.2 Å². The third-order valence-corrected chi connectivity index (χ3v) is 3.07. The van der Waals surface area contributed by atoms with Crippen molar-refractivity contribution in [3.05, 3.63) is 54.1 Å². The molecular formula is C18H20O5. The van der Waals surface area contributed by atoms with E-state index in [1.54, 1.807) is 18.2 Å². The molecule has 1 N–H and O–H groups in total. The van der Waals surface area contributed by atoms with Gasteiger partial charge in [0.25, 0.3) is 0 Å². The molecule has 2 rings (SSSR count). The van der Waals surface area contributed by atoms with Crippen molar-refractivity contribution in [3.8, 4) is 17.2 Å². The number of rotatable bonds is 9. The van der Waals surface area contributed by atoms with Crippen molar-refractivity contribution in [2.24, 2.45) is 0 Å². The minimum Gasteiger partial charge on any atom is -0.493 e. The molecule has 0 saturated carbocycles. The van der Waals surface area contributed by atoms with E-state index in [0.29, 0.717) is 43.5 Å². The Bertz CT molecular complexity index is 639. The van der Waals surface area contributed by atoms with Crippen molar-refractivity contribution < 1.29 is 24.1 Å². The average Bonchev–Trinajstić information content (AvgIpc) is 2.56. The molecular weight excluding hydrogens is 296 g/mol. The van der Waals surface area contributed by atoms with Gasteiger partial charge in [-0.1, -0.05) is 24.3 Å². The number of benzene rings is 2. The summed E-state index contributed by atoms with van der Waals surface area (Å²) in [4.78, 5) is 11.1. The SMILES string of the molecule is CCOc1ccccc1OCCCOc1ccccc1C(=O)O. The maximum atomic E-state index is 11.1. The van der Waals surface area contributed by atoms with Gasteiger partial charge in [0.15, 0.2) is 11.5 Å². The number of para-hydroxylation sites is 3. The fraction of sp³-hybridized carbons (Fsp3) is 0.278. The van der Waals surface area contributed by atoms with E-state index in [1.807, 2.05) is 31.2 Å². The Labute approximate surface area is 135 Å². The van der Waals surface area contributed by atoms with Crippen LogP contribution < -0.4 is 14.2 Å². The highest BCUT2D eigenvalue weighted by atomic mass is 16.5. The lowest BCUT2D eigenvalue weighted by atomic mass is 10.2. The summed E-state index contributed by atoms with van der Waals surface area (Å²) in [6.45, 7) is 3.33. The molecule has 0 bridgehead atoms. The molecule has 0 unspecified atom stereocenters. The lowest BCUT2D eigenvalue weighted by Crippen LogP contribution is -2.08. The summed E-state index contributed by atoms with van der Waals surface area (Å²) in [5, 5.41) is 9.08. The standard InChI is InChI=1S/C18H20O5/c1-2-21-16-10-5-6-11-17(16)23-13-7-12-22-15-9-4-3-8-14(15)18(19)20/h3-6,8-11H,2,7,12-13H2,1H3,(H,19,20). The normalized spacial score (nSPS) is 10.1. The number of carboxylic acids is 1. The van der Waals surface area contributed by atoms with Crippen LogP contribution in [0.1, 0.15) is 23.7 Å². The predicted molar refractivity (Wildman–Crippen MR) is 86.6 cm³/mol. The van der Waals surface area contributed by atoms with Crippen LogP contribution in [0.3, 0.4) is 0 Å². The second kappa shape index (κ2) is 8.68. The summed E-state index contributed by atoms with van der Waals surface area (Å²) in [5.41, 5.74) is 0.162. The van der Waals surface area contributed by atoms with Gasteiger partial charge in [0.1, 0.15) is 11.3 Å². The highest BCUT2D eigenvalue weighted by molar-refractivity contribution is 5.90. The first-order valence-electron chi connectivity index (χ1n) is 7.52. The monoisotopic (exact) mass is 316 g/mol. The van der Waals surface area contributed by atoms with Crippen LogP contribution in [0.4, 0.5) is 0 Å². The van der Waals surface area contributed by atoms with Crippen LogP contribution in [-0.2, 0) is 0 Å². The van der Waals surface area contributed by atoms with Crippen LogP contribution in [0, 0.1) is 0 Å². The molecule has 0 spiro atoms. The van der Waals surface area contributed by atoms with Crippen LogP contribution in [0.15, 0.2) is 48.5 Å². The molecule has 5 heteroatoms. The van der Waals surface area contributed by atoms with Gasteiger partial charge in [-0.25, -0.2) is 4.79 Å². The Morgan fingerprint density at radius 3 is 2.00 bits per heavy atom. The zero-order valence-electron chi connectivity index (χ0n) is 13.0. The van der Waals surface area contributed by atoms with E-state index in [-0.39, 0.29) is 5.56 Å². The summed E-state index contributed by atoms with van der Waals surface area (Å²) in [6.07, 6.45) is 0.633. The van der Waals surface area contributed by atoms with E-state index in [2.05, 4.69) is 0 Å². The van der Waals surface area contributed by atoms with Gasteiger partial charge >= 0.3 is 5.97 Å². The molecule has 0 radical (unpaired) electrons. The summed E-state index contributed by atoms with van der Waals surface area (Å²) in [5.74, 6) is 0.782. The Hall–Kier alpha value is -2.69. The van der Waals surface area contributed by atoms with E-state index in [4.69, 9.17) is 19.3 Å². The third-order valence-electron chi connectivity index (χ3n) is 3.07. The highest BCUT2D eigenvalue weighted by Crippen LogP contribution is 2.26. The topological polar surface area (TPSA) is 65.0 Å². The maximum absolute atomic E-state index is 11.1. The summed E-state index contributed by atoms with van der Waals surface area (Å²) in [7, 11) is 0. The average molecular weight is 316 g/mol. The minimum atomic E-state index is -0.998. The Morgan fingerprint density at radius 2 is 1.39 bits per heavy atom. The largest absolute Gasteiger partial charge is 0.493 e. The quantitative estimate of drug-likeness (QED) is 0.716. The second-order valence-corrected chi connectivity index (χ2v) is 4.73. The van der Waals surface area contributed by atoms with E-state index >= 15 is 0 Å². The number of carbonyl (C=O) groups is 1. The highest BCUT2D eigenvalue weighted by Gasteiger charge is 2.09. The fourth-order valence-corrected chi connectivity index (χ4v) is 2.04. The molecule has 0 amide bonds. The zero-order valence-corrected chi connectivity index (χ0v) is 13.0. The minimum absolute atomic E-state index is 0.162. The molecule has 0 atom stereocenters. The van der Waals surface area contributed by atoms with Gasteiger partial charge < -0.3 is 19.3 Å².